The molecule has 2 aliphatic heterocycles. The van der Waals surface area contributed by atoms with Crippen molar-refractivity contribution in [2.75, 3.05) is 18.1 Å². The van der Waals surface area contributed by atoms with Crippen molar-refractivity contribution in [1.82, 2.24) is 9.55 Å². The smallest absolute Gasteiger partial charge is 0.414 e. The van der Waals surface area contributed by atoms with E-state index in [0.717, 1.165) is 5.56 Å². The van der Waals surface area contributed by atoms with Crippen LogP contribution in [0.25, 0.3) is 11.1 Å². The van der Waals surface area contributed by atoms with Crippen LogP contribution in [-0.2, 0) is 27.1 Å². The maximum absolute atomic E-state index is 15.3. The lowest BCUT2D eigenvalue weighted by Crippen LogP contribution is -2.43. The molecule has 0 radical (unpaired) electrons. The van der Waals surface area contributed by atoms with Crippen LogP contribution in [0.4, 0.5) is 20.7 Å². The Morgan fingerprint density at radius 2 is 1.88 bits per heavy atom. The van der Waals surface area contributed by atoms with Crippen LogP contribution in [0.1, 0.15) is 40.2 Å². The lowest BCUT2D eigenvalue weighted by molar-refractivity contribution is -0.389. The van der Waals surface area contributed by atoms with Crippen molar-refractivity contribution in [2.45, 2.75) is 70.6 Å². The molecule has 1 aromatic heterocycles. The Bertz CT molecular complexity index is 1470. The zero-order chi connectivity index (χ0) is 30.2. The summed E-state index contributed by atoms with van der Waals surface area (Å²) in [6, 6.07) is 12.3. The molecule has 2 atom stereocenters. The van der Waals surface area contributed by atoms with Crippen LogP contribution in [-0.4, -0.2) is 61.3 Å². The number of ether oxygens (including phenoxy) is 3. The van der Waals surface area contributed by atoms with Crippen molar-refractivity contribution in [2.24, 2.45) is 0 Å². The van der Waals surface area contributed by atoms with Gasteiger partial charge in [0.1, 0.15) is 30.8 Å². The molecule has 1 saturated heterocycles. The maximum Gasteiger partial charge on any atom is 0.414 e. The van der Waals surface area contributed by atoms with E-state index in [1.54, 1.807) is 16.7 Å². The first-order valence-corrected chi connectivity index (χ1v) is 15.0. The van der Waals surface area contributed by atoms with E-state index in [1.165, 1.54) is 17.2 Å². The number of carbonyl (C=O) groups is 1. The SMILES string of the molecule is CC(C)(C)[SiH2]OC(C)(C)C1CN(c2ccc(-c3ccc(COC4COc5nc([N+](=O)[O-])cn5C4)cc3)c(F)c2)C(=O)O1. The summed E-state index contributed by atoms with van der Waals surface area (Å²) in [5, 5.41) is 11.0. The third-order valence-electron chi connectivity index (χ3n) is 7.19. The number of rotatable bonds is 9. The third-order valence-corrected chi connectivity index (χ3v) is 8.95. The van der Waals surface area contributed by atoms with Crippen molar-refractivity contribution in [3.05, 3.63) is 70.2 Å². The van der Waals surface area contributed by atoms with Gasteiger partial charge in [-0.25, -0.2) is 9.18 Å². The van der Waals surface area contributed by atoms with Crippen molar-refractivity contribution >= 4 is 27.4 Å². The molecule has 0 aliphatic carbocycles. The molecule has 1 amide bonds. The van der Waals surface area contributed by atoms with E-state index in [9.17, 15) is 14.9 Å². The second kappa shape index (κ2) is 11.5. The standard InChI is InChI=1S/C29H35FN4O7Si/c1-28(2,3)42-41-29(4,5)24-14-33(27(35)40-24)20-10-11-22(23(30)12-20)19-8-6-18(7-9-19)16-38-21-13-32-15-25(34(36)37)31-26(32)39-17-21/h6-12,15,21,24H,13-14,16-17,42H2,1-5H3. The third kappa shape index (κ3) is 6.63. The van der Waals surface area contributed by atoms with E-state index in [0.29, 0.717) is 30.0 Å². The molecule has 0 saturated carbocycles. The highest BCUT2D eigenvalue weighted by Gasteiger charge is 2.43. The van der Waals surface area contributed by atoms with Gasteiger partial charge in [-0.3, -0.25) is 9.47 Å². The number of nitro groups is 1. The molecular weight excluding hydrogens is 563 g/mol. The zero-order valence-electron chi connectivity index (χ0n) is 24.3. The van der Waals surface area contributed by atoms with Crippen LogP contribution >= 0.6 is 0 Å². The van der Waals surface area contributed by atoms with Crippen LogP contribution < -0.4 is 9.64 Å². The van der Waals surface area contributed by atoms with Gasteiger partial charge in [0.05, 0.1) is 31.0 Å². The fourth-order valence-electron chi connectivity index (χ4n) is 4.69. The van der Waals surface area contributed by atoms with E-state index in [-0.39, 0.29) is 36.1 Å². The minimum Gasteiger partial charge on any atom is -0.443 e. The fourth-order valence-corrected chi connectivity index (χ4v) is 5.68. The Morgan fingerprint density at radius 3 is 2.55 bits per heavy atom. The van der Waals surface area contributed by atoms with Gasteiger partial charge in [0.25, 0.3) is 0 Å². The molecule has 3 aromatic rings. The van der Waals surface area contributed by atoms with Crippen molar-refractivity contribution in [1.29, 1.82) is 0 Å². The molecule has 5 rings (SSSR count). The Kier molecular flexibility index (Phi) is 8.10. The van der Waals surface area contributed by atoms with E-state index < -0.39 is 38.3 Å². The van der Waals surface area contributed by atoms with Gasteiger partial charge in [-0.1, -0.05) is 45.0 Å². The number of fused-ring (bicyclic) bond motifs is 1. The van der Waals surface area contributed by atoms with Gasteiger partial charge in [-0.05, 0) is 53.1 Å². The van der Waals surface area contributed by atoms with Crippen LogP contribution in [0.2, 0.25) is 5.04 Å². The Labute approximate surface area is 245 Å². The average molecular weight is 599 g/mol. The van der Waals surface area contributed by atoms with Gasteiger partial charge < -0.3 is 28.8 Å². The summed E-state index contributed by atoms with van der Waals surface area (Å²) in [5.74, 6) is -0.717. The summed E-state index contributed by atoms with van der Waals surface area (Å²) in [6.07, 6.45) is 0.0509. The molecule has 0 bridgehead atoms. The number of hydrogen-bond donors (Lipinski definition) is 0. The molecule has 11 nitrogen and oxygen atoms in total. The number of hydrogen-bond acceptors (Lipinski definition) is 8. The first-order valence-electron chi connectivity index (χ1n) is 13.8. The average Bonchev–Trinajstić information content (AvgIpc) is 3.55. The second-order valence-electron chi connectivity index (χ2n) is 12.3. The van der Waals surface area contributed by atoms with Crippen LogP contribution in [0.5, 0.6) is 6.01 Å². The van der Waals surface area contributed by atoms with Crippen molar-refractivity contribution in [3.8, 4) is 17.1 Å². The van der Waals surface area contributed by atoms with Gasteiger partial charge in [0, 0.05) is 10.5 Å². The number of cyclic esters (lactones) is 1. The number of halogens is 1. The minimum atomic E-state index is -0.858. The van der Waals surface area contributed by atoms with Gasteiger partial charge in [-0.15, -0.1) is 0 Å². The van der Waals surface area contributed by atoms with E-state index in [4.69, 9.17) is 18.6 Å². The molecule has 42 heavy (non-hydrogen) atoms. The van der Waals surface area contributed by atoms with Crippen LogP contribution in [0, 0.1) is 15.9 Å². The predicted molar refractivity (Wildman–Crippen MR) is 156 cm³/mol. The summed E-state index contributed by atoms with van der Waals surface area (Å²) < 4.78 is 40.1. The van der Waals surface area contributed by atoms with E-state index in [1.807, 2.05) is 38.1 Å². The number of imidazole rings is 1. The van der Waals surface area contributed by atoms with Crippen molar-refractivity contribution < 1.29 is 32.7 Å². The first-order chi connectivity index (χ1) is 19.8. The highest BCUT2D eigenvalue weighted by atomic mass is 28.2. The highest BCUT2D eigenvalue weighted by Crippen LogP contribution is 2.33. The molecule has 2 unspecified atom stereocenters. The predicted octanol–water partition coefficient (Wildman–Crippen LogP) is 5.00. The molecule has 1 fully saturated rings. The lowest BCUT2D eigenvalue weighted by Gasteiger charge is -2.33. The molecule has 224 valence electrons. The highest BCUT2D eigenvalue weighted by molar-refractivity contribution is 6.31. The minimum absolute atomic E-state index is 0.104. The van der Waals surface area contributed by atoms with Gasteiger partial charge in [0.15, 0.2) is 9.76 Å². The number of anilines is 1. The molecule has 3 heterocycles. The number of carbonyl (C=O) groups excluding carboxylic acids is 1. The first kappa shape index (κ1) is 29.7. The summed E-state index contributed by atoms with van der Waals surface area (Å²) in [4.78, 5) is 28.3. The monoisotopic (exact) mass is 598 g/mol. The Hall–Kier alpha value is -3.81. The molecule has 2 aliphatic rings. The number of amides is 1. The zero-order valence-corrected chi connectivity index (χ0v) is 25.7. The number of nitrogens with zero attached hydrogens (tertiary/aromatic N) is 4. The molecule has 2 aromatic carbocycles. The van der Waals surface area contributed by atoms with Crippen molar-refractivity contribution in [3.63, 3.8) is 0 Å². The molecule has 0 N–H and O–H groups in total. The Balaban J connectivity index is 1.19. The topological polar surface area (TPSA) is 118 Å². The summed E-state index contributed by atoms with van der Waals surface area (Å²) in [7, 11) is -0.858. The summed E-state index contributed by atoms with van der Waals surface area (Å²) >= 11 is 0. The molecule has 0 spiro atoms. The molecular formula is C29H35FN4O7Si. The van der Waals surface area contributed by atoms with Gasteiger partial charge in [0.2, 0.25) is 0 Å². The Morgan fingerprint density at radius 1 is 1.14 bits per heavy atom. The van der Waals surface area contributed by atoms with E-state index in [2.05, 4.69) is 25.8 Å². The van der Waals surface area contributed by atoms with Gasteiger partial charge in [-0.2, -0.15) is 0 Å². The van der Waals surface area contributed by atoms with Crippen LogP contribution in [0.3, 0.4) is 0 Å². The number of benzene rings is 2. The molecule has 13 heteroatoms. The fraction of sp³-hybridized carbons (Fsp3) is 0.448. The quantitative estimate of drug-likeness (QED) is 0.192. The van der Waals surface area contributed by atoms with Crippen LogP contribution in [0.15, 0.2) is 48.7 Å². The maximum atomic E-state index is 15.3. The lowest BCUT2D eigenvalue weighted by atomic mass is 10.0. The second-order valence-corrected chi connectivity index (χ2v) is 15.0. The summed E-state index contributed by atoms with van der Waals surface area (Å²) in [5.41, 5.74) is 1.76. The largest absolute Gasteiger partial charge is 0.443 e. The summed E-state index contributed by atoms with van der Waals surface area (Å²) in [6.45, 7) is 11.5. The normalized spacial score (nSPS) is 19.2. The number of aromatic nitrogens is 2. The van der Waals surface area contributed by atoms with E-state index >= 15 is 4.39 Å². The van der Waals surface area contributed by atoms with Gasteiger partial charge >= 0.3 is 17.9 Å².